The summed E-state index contributed by atoms with van der Waals surface area (Å²) < 4.78 is 11.8. The average Bonchev–Trinajstić information content (AvgIpc) is 3.06. The number of ether oxygens (including phenoxy) is 2. The zero-order valence-corrected chi connectivity index (χ0v) is 20.7. The molecule has 1 aromatic carbocycles. The summed E-state index contributed by atoms with van der Waals surface area (Å²) in [5.74, 6) is 0.344. The van der Waals surface area contributed by atoms with Crippen molar-refractivity contribution in [2.45, 2.75) is 77.9 Å². The average molecular weight is 467 g/mol. The van der Waals surface area contributed by atoms with Crippen LogP contribution in [0.25, 0.3) is 0 Å². The summed E-state index contributed by atoms with van der Waals surface area (Å²) in [5.41, 5.74) is 1.17. The van der Waals surface area contributed by atoms with Crippen molar-refractivity contribution in [1.82, 2.24) is 0 Å². The Kier molecular flexibility index (Phi) is 5.70. The molecule has 4 saturated carbocycles. The van der Waals surface area contributed by atoms with Crippen LogP contribution in [0.15, 0.2) is 42.5 Å². The van der Waals surface area contributed by atoms with E-state index in [2.05, 4.69) is 20.4 Å². The molecule has 8 atom stereocenters. The minimum atomic E-state index is -0.571. The largest absolute Gasteiger partial charge is 0.465 e. The Bertz CT molecular complexity index is 987. The molecule has 4 aliphatic rings. The van der Waals surface area contributed by atoms with E-state index in [9.17, 15) is 14.7 Å². The highest BCUT2D eigenvalue weighted by atomic mass is 16.6. The van der Waals surface area contributed by atoms with Gasteiger partial charge < -0.3 is 14.6 Å². The first-order valence-electron chi connectivity index (χ1n) is 12.9. The van der Waals surface area contributed by atoms with E-state index in [1.807, 2.05) is 18.2 Å². The molecule has 1 spiro atoms. The first kappa shape index (κ1) is 23.6. The lowest BCUT2D eigenvalue weighted by Crippen LogP contribution is -2.65. The van der Waals surface area contributed by atoms with E-state index in [1.165, 1.54) is 12.5 Å². The molecule has 0 amide bonds. The third-order valence-electron chi connectivity index (χ3n) is 10.3. The predicted octanol–water partition coefficient (Wildman–Crippen LogP) is 5.32. The molecular weight excluding hydrogens is 428 g/mol. The highest BCUT2D eigenvalue weighted by molar-refractivity contribution is 5.89. The van der Waals surface area contributed by atoms with Crippen molar-refractivity contribution >= 4 is 11.9 Å². The third-order valence-corrected chi connectivity index (χ3v) is 10.3. The standard InChI is InChI=1S/C29H38O5/c1-18-15-29-16-21(18)10-11-22(29)27(3)13-12-25(34-26(32)20-8-6-5-7-9-20)28(4,17-33-19(2)30)23(27)14-24(29)31/h5-9,21-25,31H,1,10-17H2,2-4H3/t21-,22-,23+,24-,25+,27-,28+,29+/m0/s1. The second-order valence-corrected chi connectivity index (χ2v) is 12.0. The molecule has 2 bridgehead atoms. The van der Waals surface area contributed by atoms with Crippen LogP contribution in [-0.4, -0.2) is 35.9 Å². The van der Waals surface area contributed by atoms with E-state index in [0.717, 1.165) is 38.5 Å². The molecule has 5 rings (SSSR count). The summed E-state index contributed by atoms with van der Waals surface area (Å²) in [5, 5.41) is 11.7. The molecular formula is C29H38O5. The molecule has 34 heavy (non-hydrogen) atoms. The van der Waals surface area contributed by atoms with Crippen LogP contribution in [-0.2, 0) is 14.3 Å². The Hall–Kier alpha value is -2.14. The Morgan fingerprint density at radius 3 is 2.56 bits per heavy atom. The smallest absolute Gasteiger partial charge is 0.338 e. The van der Waals surface area contributed by atoms with Crippen molar-refractivity contribution in [1.29, 1.82) is 0 Å². The number of benzene rings is 1. The van der Waals surface area contributed by atoms with E-state index in [-0.39, 0.29) is 41.4 Å². The van der Waals surface area contributed by atoms with Crippen molar-refractivity contribution in [2.75, 3.05) is 6.61 Å². The summed E-state index contributed by atoms with van der Waals surface area (Å²) in [6.07, 6.45) is 5.74. The Labute approximate surface area is 202 Å². The fraction of sp³-hybridized carbons (Fsp3) is 0.655. The van der Waals surface area contributed by atoms with Crippen LogP contribution in [0.5, 0.6) is 0 Å². The Morgan fingerprint density at radius 1 is 1.12 bits per heavy atom. The van der Waals surface area contributed by atoms with Gasteiger partial charge in [-0.3, -0.25) is 4.79 Å². The molecule has 4 fully saturated rings. The number of aliphatic hydroxyl groups excluding tert-OH is 1. The van der Waals surface area contributed by atoms with Gasteiger partial charge in [-0.1, -0.05) is 44.2 Å². The second kappa shape index (κ2) is 8.22. The number of aliphatic hydroxyl groups is 1. The van der Waals surface area contributed by atoms with Crippen molar-refractivity contribution in [2.24, 2.45) is 34.0 Å². The number of fused-ring (bicyclic) bond motifs is 3. The van der Waals surface area contributed by atoms with E-state index in [0.29, 0.717) is 23.8 Å². The van der Waals surface area contributed by atoms with Gasteiger partial charge in [0.25, 0.3) is 0 Å². The molecule has 4 aliphatic carbocycles. The van der Waals surface area contributed by atoms with Crippen molar-refractivity contribution < 1.29 is 24.2 Å². The molecule has 0 aromatic heterocycles. The molecule has 5 nitrogen and oxygen atoms in total. The molecule has 5 heteroatoms. The van der Waals surface area contributed by atoms with Gasteiger partial charge in [-0.25, -0.2) is 4.79 Å². The van der Waals surface area contributed by atoms with Gasteiger partial charge in [0.05, 0.1) is 11.7 Å². The van der Waals surface area contributed by atoms with Gasteiger partial charge in [0.15, 0.2) is 0 Å². The van der Waals surface area contributed by atoms with Gasteiger partial charge in [-0.15, -0.1) is 0 Å². The highest BCUT2D eigenvalue weighted by Crippen LogP contribution is 2.72. The van der Waals surface area contributed by atoms with Gasteiger partial charge >= 0.3 is 11.9 Å². The zero-order chi connectivity index (χ0) is 24.3. The van der Waals surface area contributed by atoms with Gasteiger partial charge in [0.1, 0.15) is 12.7 Å². The van der Waals surface area contributed by atoms with Crippen LogP contribution in [0.3, 0.4) is 0 Å². The van der Waals surface area contributed by atoms with E-state index >= 15 is 0 Å². The van der Waals surface area contributed by atoms with Gasteiger partial charge in [0, 0.05) is 17.8 Å². The number of esters is 2. The number of carbonyl (C=O) groups excluding carboxylic acids is 2. The number of allylic oxidation sites excluding steroid dienone is 1. The summed E-state index contributed by atoms with van der Waals surface area (Å²) in [7, 11) is 0. The summed E-state index contributed by atoms with van der Waals surface area (Å²) in [4.78, 5) is 24.9. The SMILES string of the molecule is C=C1C[C@@]23C[C@@H]1CC[C@H]2[C@]1(C)CC[C@@H](OC(=O)c2ccccc2)[C@](C)(COC(C)=O)[C@@H]1C[C@@H]3O. The Balaban J connectivity index is 1.49. The minimum Gasteiger partial charge on any atom is -0.465 e. The van der Waals surface area contributed by atoms with E-state index in [4.69, 9.17) is 9.47 Å². The first-order valence-corrected chi connectivity index (χ1v) is 12.9. The number of rotatable bonds is 4. The van der Waals surface area contributed by atoms with Crippen LogP contribution in [0.2, 0.25) is 0 Å². The number of carbonyl (C=O) groups is 2. The fourth-order valence-corrected chi connectivity index (χ4v) is 8.69. The van der Waals surface area contributed by atoms with Crippen LogP contribution in [0, 0.1) is 34.0 Å². The predicted molar refractivity (Wildman–Crippen MR) is 129 cm³/mol. The van der Waals surface area contributed by atoms with Crippen molar-refractivity contribution in [3.8, 4) is 0 Å². The van der Waals surface area contributed by atoms with Crippen molar-refractivity contribution in [3.63, 3.8) is 0 Å². The van der Waals surface area contributed by atoms with Gasteiger partial charge in [-0.2, -0.15) is 0 Å². The van der Waals surface area contributed by atoms with Gasteiger partial charge in [-0.05, 0) is 80.2 Å². The van der Waals surface area contributed by atoms with E-state index < -0.39 is 11.5 Å². The van der Waals surface area contributed by atoms with Gasteiger partial charge in [0.2, 0.25) is 0 Å². The third kappa shape index (κ3) is 3.45. The lowest BCUT2D eigenvalue weighted by molar-refractivity contribution is -0.232. The molecule has 0 saturated heterocycles. The molecule has 0 unspecified atom stereocenters. The number of hydrogen-bond donors (Lipinski definition) is 1. The second-order valence-electron chi connectivity index (χ2n) is 12.0. The van der Waals surface area contributed by atoms with Crippen LogP contribution in [0.1, 0.15) is 76.1 Å². The fourth-order valence-electron chi connectivity index (χ4n) is 8.69. The van der Waals surface area contributed by atoms with Crippen LogP contribution < -0.4 is 0 Å². The van der Waals surface area contributed by atoms with Crippen molar-refractivity contribution in [3.05, 3.63) is 48.0 Å². The molecule has 184 valence electrons. The first-order chi connectivity index (χ1) is 16.1. The van der Waals surface area contributed by atoms with E-state index in [1.54, 1.807) is 12.1 Å². The zero-order valence-electron chi connectivity index (χ0n) is 20.7. The molecule has 0 radical (unpaired) electrons. The molecule has 1 N–H and O–H groups in total. The van der Waals surface area contributed by atoms with Crippen LogP contribution in [0.4, 0.5) is 0 Å². The molecule has 1 aromatic rings. The minimum absolute atomic E-state index is 0.0145. The maximum Gasteiger partial charge on any atom is 0.338 e. The highest BCUT2D eigenvalue weighted by Gasteiger charge is 2.68. The lowest BCUT2D eigenvalue weighted by Gasteiger charge is -2.66. The summed E-state index contributed by atoms with van der Waals surface area (Å²) >= 11 is 0. The molecule has 0 aliphatic heterocycles. The topological polar surface area (TPSA) is 72.8 Å². The number of hydrogen-bond acceptors (Lipinski definition) is 5. The van der Waals surface area contributed by atoms with Crippen LogP contribution >= 0.6 is 0 Å². The summed E-state index contributed by atoms with van der Waals surface area (Å²) in [6, 6.07) is 9.06. The monoisotopic (exact) mass is 466 g/mol. The molecule has 0 heterocycles. The lowest BCUT2D eigenvalue weighted by atomic mass is 9.40. The quantitative estimate of drug-likeness (QED) is 0.480. The maximum absolute atomic E-state index is 13.0. The normalized spacial score (nSPS) is 42.9. The summed E-state index contributed by atoms with van der Waals surface area (Å²) in [6.45, 7) is 10.5. The Morgan fingerprint density at radius 2 is 1.85 bits per heavy atom. The maximum atomic E-state index is 13.0.